The molecule has 2 heterocycles. The van der Waals surface area contributed by atoms with E-state index in [4.69, 9.17) is 16.3 Å². The Morgan fingerprint density at radius 3 is 2.71 bits per heavy atom. The number of amidine groups is 1. The molecule has 184 valence electrons. The molecular formula is C23H33FN8O2. The van der Waals surface area contributed by atoms with E-state index in [-0.39, 0.29) is 11.9 Å². The van der Waals surface area contributed by atoms with E-state index in [0.29, 0.717) is 35.6 Å². The number of nitrogens with zero attached hydrogens (tertiary/aromatic N) is 5. The molecule has 0 aliphatic carbocycles. The van der Waals surface area contributed by atoms with Gasteiger partial charge in [-0.15, -0.1) is 5.10 Å². The van der Waals surface area contributed by atoms with Crippen LogP contribution in [0.5, 0.6) is 0 Å². The molecule has 3 rings (SSSR count). The minimum atomic E-state index is -0.478. The maximum atomic E-state index is 14.9. The number of pyridine rings is 1. The maximum absolute atomic E-state index is 14.9. The van der Waals surface area contributed by atoms with Gasteiger partial charge in [-0.05, 0) is 37.4 Å². The number of rotatable bonds is 11. The fraction of sp³-hybridized carbons (Fsp3) is 0.435. The van der Waals surface area contributed by atoms with Gasteiger partial charge in [-0.1, -0.05) is 19.9 Å². The summed E-state index contributed by atoms with van der Waals surface area (Å²) < 4.78 is 20.4. The van der Waals surface area contributed by atoms with Crippen molar-refractivity contribution in [2.45, 2.75) is 20.0 Å². The quantitative estimate of drug-likeness (QED) is 0.148. The van der Waals surface area contributed by atoms with E-state index in [2.05, 4.69) is 34.1 Å². The largest absolute Gasteiger partial charge is 0.443 e. The number of amides is 1. The second kappa shape index (κ2) is 11.7. The highest BCUT2D eigenvalue weighted by atomic mass is 19.1. The number of cyclic esters (lactones) is 1. The molecule has 1 aliphatic heterocycles. The van der Waals surface area contributed by atoms with E-state index in [1.807, 2.05) is 0 Å². The van der Waals surface area contributed by atoms with Crippen LogP contribution in [0.1, 0.15) is 19.5 Å². The predicted molar refractivity (Wildman–Crippen MR) is 131 cm³/mol. The lowest BCUT2D eigenvalue weighted by Crippen LogP contribution is -2.36. The summed E-state index contributed by atoms with van der Waals surface area (Å²) in [6.07, 6.45) is 0.743. The van der Waals surface area contributed by atoms with Crippen LogP contribution in [0, 0.1) is 5.82 Å². The Morgan fingerprint density at radius 1 is 1.32 bits per heavy atom. The van der Waals surface area contributed by atoms with Gasteiger partial charge < -0.3 is 20.7 Å². The molecule has 0 radical (unpaired) electrons. The second-order valence-corrected chi connectivity index (χ2v) is 8.00. The summed E-state index contributed by atoms with van der Waals surface area (Å²) in [5, 5.41) is 8.30. The number of benzene rings is 1. The standard InChI is InChI=1S/C23H33FN8O2/c1-4-31(5-2)11-10-27-14-18-15-32(23(33)34-18)17-7-8-19(20(24)12-17)16-6-9-21(28-13-16)22(25)29-30(3)26/h6-9,12-13,18,27H,4-5,10-11,14-15,26H2,1-3H3,(H2,25,29). The Bertz CT molecular complexity index is 995. The first-order valence-corrected chi connectivity index (χ1v) is 11.3. The van der Waals surface area contributed by atoms with E-state index in [1.54, 1.807) is 31.3 Å². The number of likely N-dealkylation sites (N-methyl/N-ethyl adjacent to an activating group) is 1. The van der Waals surface area contributed by atoms with Gasteiger partial charge in [-0.25, -0.2) is 20.1 Å². The summed E-state index contributed by atoms with van der Waals surface area (Å²) in [4.78, 5) is 20.4. The number of nitrogens with one attached hydrogen (secondary N) is 1. The Morgan fingerprint density at radius 2 is 2.09 bits per heavy atom. The molecule has 0 spiro atoms. The fourth-order valence-electron chi connectivity index (χ4n) is 3.71. The van der Waals surface area contributed by atoms with Gasteiger partial charge in [0.1, 0.15) is 17.6 Å². The van der Waals surface area contributed by atoms with Crippen LogP contribution < -0.4 is 21.8 Å². The van der Waals surface area contributed by atoms with Crippen LogP contribution in [0.3, 0.4) is 0 Å². The monoisotopic (exact) mass is 472 g/mol. The fourth-order valence-corrected chi connectivity index (χ4v) is 3.71. The van der Waals surface area contributed by atoms with Crippen molar-refractivity contribution in [3.05, 3.63) is 48.0 Å². The summed E-state index contributed by atoms with van der Waals surface area (Å²) in [5.41, 5.74) is 7.63. The zero-order chi connectivity index (χ0) is 24.7. The third kappa shape index (κ3) is 6.40. The number of aromatic nitrogens is 1. The van der Waals surface area contributed by atoms with Crippen molar-refractivity contribution < 1.29 is 13.9 Å². The normalized spacial score (nSPS) is 16.3. The van der Waals surface area contributed by atoms with Gasteiger partial charge in [0.05, 0.1) is 12.2 Å². The number of ether oxygens (including phenoxy) is 1. The number of hydrazone groups is 1. The summed E-state index contributed by atoms with van der Waals surface area (Å²) >= 11 is 0. The lowest BCUT2D eigenvalue weighted by molar-refractivity contribution is 0.139. The number of hydrogen-bond donors (Lipinski definition) is 3. The smallest absolute Gasteiger partial charge is 0.414 e. The van der Waals surface area contributed by atoms with Gasteiger partial charge in [-0.3, -0.25) is 9.88 Å². The molecule has 0 saturated carbocycles. The SMILES string of the molecule is CCN(CC)CCNCC1CN(c2ccc(-c3ccc(/C(N)=N/N(C)N)nc3)c(F)c2)C(=O)O1. The number of hydrazine groups is 1. The molecule has 34 heavy (non-hydrogen) atoms. The zero-order valence-corrected chi connectivity index (χ0v) is 19.9. The van der Waals surface area contributed by atoms with Crippen LogP contribution in [0.25, 0.3) is 11.1 Å². The predicted octanol–water partition coefficient (Wildman–Crippen LogP) is 1.57. The minimum absolute atomic E-state index is 0.150. The zero-order valence-electron chi connectivity index (χ0n) is 19.9. The van der Waals surface area contributed by atoms with Crippen LogP contribution >= 0.6 is 0 Å². The molecule has 1 unspecified atom stereocenters. The van der Waals surface area contributed by atoms with Gasteiger partial charge in [0.25, 0.3) is 0 Å². The minimum Gasteiger partial charge on any atom is -0.443 e. The number of nitrogens with two attached hydrogens (primary N) is 2. The van der Waals surface area contributed by atoms with Crippen LogP contribution in [0.4, 0.5) is 14.9 Å². The van der Waals surface area contributed by atoms with Crippen molar-refractivity contribution in [2.75, 3.05) is 51.2 Å². The number of anilines is 1. The van der Waals surface area contributed by atoms with Crippen molar-refractivity contribution >= 4 is 17.6 Å². The first-order chi connectivity index (χ1) is 16.3. The third-order valence-corrected chi connectivity index (χ3v) is 5.61. The van der Waals surface area contributed by atoms with Crippen LogP contribution in [0.15, 0.2) is 41.6 Å². The Balaban J connectivity index is 1.62. The number of carbonyl (C=O) groups excluding carboxylic acids is 1. The Labute approximate surface area is 199 Å². The van der Waals surface area contributed by atoms with Gasteiger partial charge in [0, 0.05) is 44.0 Å². The van der Waals surface area contributed by atoms with Gasteiger partial charge >= 0.3 is 6.09 Å². The van der Waals surface area contributed by atoms with E-state index in [9.17, 15) is 9.18 Å². The highest BCUT2D eigenvalue weighted by molar-refractivity contribution is 5.95. The van der Waals surface area contributed by atoms with Gasteiger partial charge in [0.15, 0.2) is 5.84 Å². The van der Waals surface area contributed by atoms with Crippen LogP contribution in [-0.4, -0.2) is 79.4 Å². The summed E-state index contributed by atoms with van der Waals surface area (Å²) in [6.45, 7) is 8.91. The molecule has 1 aliphatic rings. The van der Waals surface area contributed by atoms with Gasteiger partial charge in [0.2, 0.25) is 0 Å². The molecule has 10 nitrogen and oxygen atoms in total. The van der Waals surface area contributed by atoms with Crippen molar-refractivity contribution in [3.8, 4) is 11.1 Å². The molecule has 1 amide bonds. The van der Waals surface area contributed by atoms with E-state index in [0.717, 1.165) is 31.3 Å². The van der Waals surface area contributed by atoms with Gasteiger partial charge in [-0.2, -0.15) is 0 Å². The third-order valence-electron chi connectivity index (χ3n) is 5.61. The second-order valence-electron chi connectivity index (χ2n) is 8.00. The van der Waals surface area contributed by atoms with Crippen molar-refractivity contribution in [1.29, 1.82) is 0 Å². The molecule has 5 N–H and O–H groups in total. The molecule has 1 fully saturated rings. The molecule has 0 bridgehead atoms. The van der Waals surface area contributed by atoms with Crippen LogP contribution in [0.2, 0.25) is 0 Å². The summed E-state index contributed by atoms with van der Waals surface area (Å²) in [6, 6.07) is 7.99. The van der Waals surface area contributed by atoms with E-state index >= 15 is 0 Å². The summed E-state index contributed by atoms with van der Waals surface area (Å²) in [5.74, 6) is 5.14. The van der Waals surface area contributed by atoms with E-state index < -0.39 is 11.9 Å². The highest BCUT2D eigenvalue weighted by Gasteiger charge is 2.32. The maximum Gasteiger partial charge on any atom is 0.414 e. The molecule has 1 atom stereocenters. The molecule has 1 saturated heterocycles. The topological polar surface area (TPSA) is 125 Å². The molecule has 2 aromatic rings. The highest BCUT2D eigenvalue weighted by Crippen LogP contribution is 2.28. The number of halogens is 1. The van der Waals surface area contributed by atoms with Crippen LogP contribution in [-0.2, 0) is 4.74 Å². The lowest BCUT2D eigenvalue weighted by Gasteiger charge is -2.18. The Kier molecular flexibility index (Phi) is 8.74. The number of hydrogen-bond acceptors (Lipinski definition) is 8. The molecular weight excluding hydrogens is 439 g/mol. The van der Waals surface area contributed by atoms with Crippen molar-refractivity contribution in [3.63, 3.8) is 0 Å². The lowest BCUT2D eigenvalue weighted by atomic mass is 10.1. The van der Waals surface area contributed by atoms with E-state index in [1.165, 1.54) is 17.2 Å². The average Bonchev–Trinajstić information content (AvgIpc) is 3.19. The Hall–Kier alpha value is -3.28. The van der Waals surface area contributed by atoms with Crippen molar-refractivity contribution in [2.24, 2.45) is 16.7 Å². The molecule has 1 aromatic carbocycles. The molecule has 1 aromatic heterocycles. The first kappa shape index (κ1) is 25.3. The molecule has 11 heteroatoms. The van der Waals surface area contributed by atoms with Crippen molar-refractivity contribution in [1.82, 2.24) is 20.3 Å². The number of carbonyl (C=O) groups is 1. The summed E-state index contributed by atoms with van der Waals surface area (Å²) in [7, 11) is 1.54. The average molecular weight is 473 g/mol. The first-order valence-electron chi connectivity index (χ1n) is 11.3.